The van der Waals surface area contributed by atoms with Crippen molar-refractivity contribution in [3.8, 4) is 0 Å². The van der Waals surface area contributed by atoms with Crippen LogP contribution in [0.5, 0.6) is 0 Å². The van der Waals surface area contributed by atoms with E-state index in [4.69, 9.17) is 0 Å². The van der Waals surface area contributed by atoms with E-state index < -0.39 is 5.97 Å². The molecule has 1 saturated heterocycles. The zero-order valence-corrected chi connectivity index (χ0v) is 13.1. The van der Waals surface area contributed by atoms with Crippen molar-refractivity contribution in [2.24, 2.45) is 0 Å². The van der Waals surface area contributed by atoms with Gasteiger partial charge >= 0.3 is 5.97 Å². The van der Waals surface area contributed by atoms with Gasteiger partial charge in [0.1, 0.15) is 5.82 Å². The van der Waals surface area contributed by atoms with Gasteiger partial charge in [-0.15, -0.1) is 0 Å². The summed E-state index contributed by atoms with van der Waals surface area (Å²) in [5.74, 6) is -0.0413. The van der Waals surface area contributed by atoms with Crippen molar-refractivity contribution in [3.63, 3.8) is 0 Å². The number of nitrogens with one attached hydrogen (secondary N) is 1. The fourth-order valence-corrected chi connectivity index (χ4v) is 2.63. The van der Waals surface area contributed by atoms with Gasteiger partial charge in [-0.05, 0) is 50.9 Å². The SMILES string of the molecule is CC(C)c1cc(C(=O)O)cc(NCC(C)N2CCCC2)n1. The number of anilines is 1. The molecule has 21 heavy (non-hydrogen) atoms. The molecule has 0 saturated carbocycles. The van der Waals surface area contributed by atoms with Crippen LogP contribution < -0.4 is 5.32 Å². The lowest BCUT2D eigenvalue weighted by Crippen LogP contribution is -2.35. The molecular formula is C16H25N3O2. The summed E-state index contributed by atoms with van der Waals surface area (Å²) in [6.07, 6.45) is 2.54. The predicted octanol–water partition coefficient (Wildman–Crippen LogP) is 2.80. The maximum atomic E-state index is 11.2. The van der Waals surface area contributed by atoms with Gasteiger partial charge < -0.3 is 10.4 Å². The van der Waals surface area contributed by atoms with Crippen LogP contribution in [0.25, 0.3) is 0 Å². The Labute approximate surface area is 126 Å². The van der Waals surface area contributed by atoms with E-state index in [9.17, 15) is 9.90 Å². The minimum Gasteiger partial charge on any atom is -0.478 e. The molecule has 1 aliphatic rings. The molecule has 1 fully saturated rings. The van der Waals surface area contributed by atoms with Crippen LogP contribution >= 0.6 is 0 Å². The largest absolute Gasteiger partial charge is 0.478 e. The summed E-state index contributed by atoms with van der Waals surface area (Å²) in [5, 5.41) is 12.5. The lowest BCUT2D eigenvalue weighted by molar-refractivity contribution is 0.0696. The van der Waals surface area contributed by atoms with Gasteiger partial charge in [-0.2, -0.15) is 0 Å². The van der Waals surface area contributed by atoms with Crippen LogP contribution in [0, 0.1) is 0 Å². The summed E-state index contributed by atoms with van der Waals surface area (Å²) in [4.78, 5) is 18.2. The summed E-state index contributed by atoms with van der Waals surface area (Å²) >= 11 is 0. The molecule has 2 N–H and O–H groups in total. The Hall–Kier alpha value is -1.62. The summed E-state index contributed by atoms with van der Waals surface area (Å²) in [6, 6.07) is 3.71. The van der Waals surface area contributed by atoms with Gasteiger partial charge in [-0.25, -0.2) is 9.78 Å². The second kappa shape index (κ2) is 6.89. The number of nitrogens with zero attached hydrogens (tertiary/aromatic N) is 2. The first kappa shape index (κ1) is 15.8. The van der Waals surface area contributed by atoms with E-state index in [1.165, 1.54) is 12.8 Å². The number of aromatic nitrogens is 1. The molecule has 0 aliphatic carbocycles. The van der Waals surface area contributed by atoms with Crippen molar-refractivity contribution in [2.75, 3.05) is 25.0 Å². The Kier molecular flexibility index (Phi) is 5.17. The lowest BCUT2D eigenvalue weighted by Gasteiger charge is -2.24. The van der Waals surface area contributed by atoms with E-state index in [0.29, 0.717) is 17.4 Å². The monoisotopic (exact) mass is 291 g/mol. The number of aromatic carboxylic acids is 1. The third-order valence-corrected chi connectivity index (χ3v) is 4.03. The standard InChI is InChI=1S/C16H25N3O2/c1-11(2)14-8-13(16(20)21)9-15(18-14)17-10-12(3)19-6-4-5-7-19/h8-9,11-12H,4-7,10H2,1-3H3,(H,17,18)(H,20,21). The quantitative estimate of drug-likeness (QED) is 0.843. The Morgan fingerprint density at radius 2 is 2.00 bits per heavy atom. The van der Waals surface area contributed by atoms with Crippen LogP contribution in [0.15, 0.2) is 12.1 Å². The summed E-state index contributed by atoms with van der Waals surface area (Å²) in [6.45, 7) is 9.33. The normalized spacial score (nSPS) is 17.1. The van der Waals surface area contributed by atoms with E-state index in [2.05, 4.69) is 22.1 Å². The van der Waals surface area contributed by atoms with Gasteiger partial charge in [0.25, 0.3) is 0 Å². The second-order valence-electron chi connectivity index (χ2n) is 6.10. The summed E-state index contributed by atoms with van der Waals surface area (Å²) in [5.41, 5.74) is 1.11. The van der Waals surface area contributed by atoms with Crippen molar-refractivity contribution in [1.29, 1.82) is 0 Å². The first-order valence-corrected chi connectivity index (χ1v) is 7.70. The first-order chi connectivity index (χ1) is 9.97. The number of carboxylic acid groups (broad SMARTS) is 1. The minimum atomic E-state index is -0.907. The molecule has 1 aromatic rings. The molecule has 5 nitrogen and oxygen atoms in total. The topological polar surface area (TPSA) is 65.5 Å². The van der Waals surface area contributed by atoms with Crippen molar-refractivity contribution >= 4 is 11.8 Å². The Morgan fingerprint density at radius 1 is 1.33 bits per heavy atom. The fraction of sp³-hybridized carbons (Fsp3) is 0.625. The van der Waals surface area contributed by atoms with Crippen molar-refractivity contribution < 1.29 is 9.90 Å². The average molecular weight is 291 g/mol. The third-order valence-electron chi connectivity index (χ3n) is 4.03. The van der Waals surface area contributed by atoms with E-state index >= 15 is 0 Å². The number of carboxylic acids is 1. The Balaban J connectivity index is 2.06. The third kappa shape index (κ3) is 4.17. The molecule has 1 aliphatic heterocycles. The number of pyridine rings is 1. The highest BCUT2D eigenvalue weighted by atomic mass is 16.4. The molecule has 0 spiro atoms. The number of carbonyl (C=O) groups is 1. The lowest BCUT2D eigenvalue weighted by atomic mass is 10.1. The van der Waals surface area contributed by atoms with Crippen LogP contribution in [0.1, 0.15) is 55.6 Å². The van der Waals surface area contributed by atoms with Crippen molar-refractivity contribution in [3.05, 3.63) is 23.4 Å². The Bertz CT molecular complexity index is 496. The molecule has 2 heterocycles. The van der Waals surface area contributed by atoms with E-state index in [1.807, 2.05) is 13.8 Å². The molecule has 0 bridgehead atoms. The number of hydrogen-bond donors (Lipinski definition) is 2. The van der Waals surface area contributed by atoms with Crippen LogP contribution in [0.3, 0.4) is 0 Å². The summed E-state index contributed by atoms with van der Waals surface area (Å²) in [7, 11) is 0. The summed E-state index contributed by atoms with van der Waals surface area (Å²) < 4.78 is 0. The second-order valence-corrected chi connectivity index (χ2v) is 6.10. The Morgan fingerprint density at radius 3 is 2.57 bits per heavy atom. The molecule has 2 rings (SSSR count). The molecule has 0 radical (unpaired) electrons. The molecule has 116 valence electrons. The molecular weight excluding hydrogens is 266 g/mol. The number of rotatable bonds is 6. The van der Waals surface area contributed by atoms with Crippen molar-refractivity contribution in [2.45, 2.75) is 45.6 Å². The highest BCUT2D eigenvalue weighted by Gasteiger charge is 2.18. The van der Waals surface area contributed by atoms with Crippen LogP contribution in [-0.4, -0.2) is 46.6 Å². The van der Waals surface area contributed by atoms with Crippen molar-refractivity contribution in [1.82, 2.24) is 9.88 Å². The first-order valence-electron chi connectivity index (χ1n) is 7.70. The molecule has 1 aromatic heterocycles. The molecule has 5 heteroatoms. The molecule has 1 unspecified atom stereocenters. The predicted molar refractivity (Wildman–Crippen MR) is 84.0 cm³/mol. The maximum Gasteiger partial charge on any atom is 0.335 e. The van der Waals surface area contributed by atoms with E-state index in [1.54, 1.807) is 12.1 Å². The van der Waals surface area contributed by atoms with Gasteiger partial charge in [0.15, 0.2) is 0 Å². The van der Waals surface area contributed by atoms with Gasteiger partial charge in [-0.3, -0.25) is 4.90 Å². The maximum absolute atomic E-state index is 11.2. The van der Waals surface area contributed by atoms with Gasteiger partial charge in [-0.1, -0.05) is 13.8 Å². The zero-order chi connectivity index (χ0) is 15.4. The smallest absolute Gasteiger partial charge is 0.335 e. The number of hydrogen-bond acceptors (Lipinski definition) is 4. The highest BCUT2D eigenvalue weighted by Crippen LogP contribution is 2.18. The minimum absolute atomic E-state index is 0.209. The van der Waals surface area contributed by atoms with Crippen LogP contribution in [-0.2, 0) is 0 Å². The number of likely N-dealkylation sites (tertiary alicyclic amines) is 1. The zero-order valence-electron chi connectivity index (χ0n) is 13.1. The molecule has 0 amide bonds. The van der Waals surface area contributed by atoms with Gasteiger partial charge in [0.2, 0.25) is 0 Å². The van der Waals surface area contributed by atoms with E-state index in [0.717, 1.165) is 25.3 Å². The van der Waals surface area contributed by atoms with Crippen LogP contribution in [0.4, 0.5) is 5.82 Å². The molecule has 1 atom stereocenters. The molecule has 0 aromatic carbocycles. The van der Waals surface area contributed by atoms with Gasteiger partial charge in [0.05, 0.1) is 5.56 Å². The fourth-order valence-electron chi connectivity index (χ4n) is 2.63. The highest BCUT2D eigenvalue weighted by molar-refractivity contribution is 5.88. The average Bonchev–Trinajstić information content (AvgIpc) is 2.98. The van der Waals surface area contributed by atoms with Gasteiger partial charge in [0, 0.05) is 18.3 Å². The van der Waals surface area contributed by atoms with Crippen LogP contribution in [0.2, 0.25) is 0 Å². The van der Waals surface area contributed by atoms with E-state index in [-0.39, 0.29) is 5.92 Å².